The summed E-state index contributed by atoms with van der Waals surface area (Å²) < 4.78 is 14.8. The first-order chi connectivity index (χ1) is 9.45. The summed E-state index contributed by atoms with van der Waals surface area (Å²) in [6.45, 7) is 4.14. The Morgan fingerprint density at radius 2 is 2.00 bits per heavy atom. The Morgan fingerprint density at radius 3 is 2.50 bits per heavy atom. The molecule has 20 heavy (non-hydrogen) atoms. The molecule has 0 saturated heterocycles. The normalized spacial score (nSPS) is 13.4. The Morgan fingerprint density at radius 1 is 1.35 bits per heavy atom. The molecule has 1 heterocycles. The second-order valence-electron chi connectivity index (χ2n) is 5.45. The first-order valence-electron chi connectivity index (χ1n) is 6.50. The molecule has 3 N–H and O–H groups in total. The fourth-order valence-corrected chi connectivity index (χ4v) is 2.29. The molecule has 1 atom stereocenters. The van der Waals surface area contributed by atoms with Gasteiger partial charge >= 0.3 is 0 Å². The molecule has 1 aromatic heterocycles. The van der Waals surface area contributed by atoms with Crippen LogP contribution in [0.5, 0.6) is 0 Å². The number of hydrogen-bond acceptors (Lipinski definition) is 4. The van der Waals surface area contributed by atoms with E-state index in [4.69, 9.17) is 5.84 Å². The number of nitrogens with zero attached hydrogens (tertiary/aromatic N) is 3. The number of hydrogen-bond donors (Lipinski definition) is 2. The molecule has 0 aliphatic rings. The summed E-state index contributed by atoms with van der Waals surface area (Å²) in [5.74, 6) is 6.32. The van der Waals surface area contributed by atoms with E-state index in [2.05, 4.69) is 29.4 Å². The molecule has 0 aliphatic carbocycles. The van der Waals surface area contributed by atoms with Crippen molar-refractivity contribution in [3.8, 4) is 0 Å². The van der Waals surface area contributed by atoms with E-state index in [1.165, 1.54) is 18.5 Å². The summed E-state index contributed by atoms with van der Waals surface area (Å²) in [6.07, 6.45) is 2.16. The molecule has 1 aromatic carbocycles. The van der Waals surface area contributed by atoms with Crippen molar-refractivity contribution in [3.05, 3.63) is 47.8 Å². The standard InChI is InChI=1S/C14H20FN5/c1-14(2,10-4-6-11(15)7-5-10)12(19-16)8-13-17-9-18-20(13)3/h4-7,9,12,19H,8,16H2,1-3H3. The highest BCUT2D eigenvalue weighted by atomic mass is 19.1. The number of nitrogens with one attached hydrogen (secondary N) is 1. The van der Waals surface area contributed by atoms with Crippen LogP contribution in [0.3, 0.4) is 0 Å². The van der Waals surface area contributed by atoms with E-state index in [0.717, 1.165) is 11.4 Å². The van der Waals surface area contributed by atoms with Gasteiger partial charge < -0.3 is 0 Å². The van der Waals surface area contributed by atoms with Gasteiger partial charge in [0.15, 0.2) is 0 Å². The maximum absolute atomic E-state index is 13.1. The van der Waals surface area contributed by atoms with Gasteiger partial charge in [-0.2, -0.15) is 5.10 Å². The fraction of sp³-hybridized carbons (Fsp3) is 0.429. The van der Waals surface area contributed by atoms with Gasteiger partial charge in [0.25, 0.3) is 0 Å². The summed E-state index contributed by atoms with van der Waals surface area (Å²) in [5, 5.41) is 4.06. The molecule has 0 fully saturated rings. The molecule has 1 unspecified atom stereocenters. The first-order valence-corrected chi connectivity index (χ1v) is 6.50. The van der Waals surface area contributed by atoms with Gasteiger partial charge in [0.2, 0.25) is 0 Å². The SMILES string of the molecule is Cn1ncnc1CC(NN)C(C)(C)c1ccc(F)cc1. The van der Waals surface area contributed by atoms with Crippen LogP contribution in [-0.4, -0.2) is 20.8 Å². The molecule has 0 spiro atoms. The number of benzene rings is 1. The van der Waals surface area contributed by atoms with Crippen molar-refractivity contribution in [2.45, 2.75) is 31.7 Å². The molecule has 6 heteroatoms. The number of aryl methyl sites for hydroxylation is 1. The minimum absolute atomic E-state index is 0.0455. The highest BCUT2D eigenvalue weighted by molar-refractivity contribution is 5.27. The molecule has 2 aromatic rings. The van der Waals surface area contributed by atoms with Crippen LogP contribution in [0.25, 0.3) is 0 Å². The third-order valence-corrected chi connectivity index (χ3v) is 3.85. The minimum Gasteiger partial charge on any atom is -0.271 e. The molecule has 5 nitrogen and oxygen atoms in total. The zero-order valence-electron chi connectivity index (χ0n) is 12.0. The predicted octanol–water partition coefficient (Wildman–Crippen LogP) is 1.31. The van der Waals surface area contributed by atoms with Crippen LogP contribution < -0.4 is 11.3 Å². The van der Waals surface area contributed by atoms with Crippen molar-refractivity contribution >= 4 is 0 Å². The lowest BCUT2D eigenvalue weighted by Crippen LogP contribution is -2.49. The van der Waals surface area contributed by atoms with Crippen molar-refractivity contribution in [1.82, 2.24) is 20.2 Å². The fourth-order valence-electron chi connectivity index (χ4n) is 2.29. The Kier molecular flexibility index (Phi) is 4.15. The van der Waals surface area contributed by atoms with Crippen molar-refractivity contribution in [2.75, 3.05) is 0 Å². The van der Waals surface area contributed by atoms with Gasteiger partial charge in [0.1, 0.15) is 18.0 Å². The van der Waals surface area contributed by atoms with E-state index in [0.29, 0.717) is 6.42 Å². The van der Waals surface area contributed by atoms with Gasteiger partial charge in [-0.05, 0) is 17.7 Å². The van der Waals surface area contributed by atoms with Gasteiger partial charge in [0.05, 0.1) is 0 Å². The lowest BCUT2D eigenvalue weighted by molar-refractivity contribution is 0.334. The molecule has 108 valence electrons. The lowest BCUT2D eigenvalue weighted by Gasteiger charge is -2.34. The third kappa shape index (κ3) is 2.86. The summed E-state index contributed by atoms with van der Waals surface area (Å²) >= 11 is 0. The number of hydrazine groups is 1. The van der Waals surface area contributed by atoms with E-state index in [9.17, 15) is 4.39 Å². The van der Waals surface area contributed by atoms with Crippen molar-refractivity contribution < 1.29 is 4.39 Å². The maximum Gasteiger partial charge on any atom is 0.138 e. The highest BCUT2D eigenvalue weighted by Gasteiger charge is 2.31. The summed E-state index contributed by atoms with van der Waals surface area (Å²) in [7, 11) is 1.85. The van der Waals surface area contributed by atoms with E-state index < -0.39 is 0 Å². The van der Waals surface area contributed by atoms with Crippen LogP contribution in [0.4, 0.5) is 4.39 Å². The van der Waals surface area contributed by atoms with E-state index in [-0.39, 0.29) is 17.3 Å². The largest absolute Gasteiger partial charge is 0.271 e. The first kappa shape index (κ1) is 14.6. The zero-order valence-corrected chi connectivity index (χ0v) is 12.0. The van der Waals surface area contributed by atoms with Crippen LogP contribution in [0, 0.1) is 5.82 Å². The molecular weight excluding hydrogens is 257 g/mol. The van der Waals surface area contributed by atoms with Crippen LogP contribution >= 0.6 is 0 Å². The smallest absolute Gasteiger partial charge is 0.138 e. The molecule has 2 rings (SSSR count). The van der Waals surface area contributed by atoms with Gasteiger partial charge in [-0.25, -0.2) is 9.37 Å². The van der Waals surface area contributed by atoms with E-state index in [1.807, 2.05) is 7.05 Å². The molecule has 0 bridgehead atoms. The van der Waals surface area contributed by atoms with Crippen molar-refractivity contribution in [3.63, 3.8) is 0 Å². The number of rotatable bonds is 5. The van der Waals surface area contributed by atoms with E-state index >= 15 is 0 Å². The third-order valence-electron chi connectivity index (χ3n) is 3.85. The predicted molar refractivity (Wildman–Crippen MR) is 75.2 cm³/mol. The molecule has 0 saturated carbocycles. The highest BCUT2D eigenvalue weighted by Crippen LogP contribution is 2.28. The van der Waals surface area contributed by atoms with Crippen LogP contribution in [0.2, 0.25) is 0 Å². The zero-order chi connectivity index (χ0) is 14.8. The second-order valence-corrected chi connectivity index (χ2v) is 5.45. The van der Waals surface area contributed by atoms with E-state index in [1.54, 1.807) is 16.8 Å². The monoisotopic (exact) mass is 277 g/mol. The van der Waals surface area contributed by atoms with Gasteiger partial charge in [-0.1, -0.05) is 26.0 Å². The Bertz CT molecular complexity index is 561. The average molecular weight is 277 g/mol. The van der Waals surface area contributed by atoms with Gasteiger partial charge in [0, 0.05) is 24.9 Å². The van der Waals surface area contributed by atoms with Crippen molar-refractivity contribution in [2.24, 2.45) is 12.9 Å². The minimum atomic E-state index is -0.269. The quantitative estimate of drug-likeness (QED) is 0.638. The number of nitrogens with two attached hydrogens (primary N) is 1. The molecule has 0 radical (unpaired) electrons. The summed E-state index contributed by atoms with van der Waals surface area (Å²) in [4.78, 5) is 4.22. The Hall–Kier alpha value is -1.79. The van der Waals surface area contributed by atoms with Crippen LogP contribution in [0.15, 0.2) is 30.6 Å². The van der Waals surface area contributed by atoms with Crippen molar-refractivity contribution in [1.29, 1.82) is 0 Å². The van der Waals surface area contributed by atoms with Crippen LogP contribution in [-0.2, 0) is 18.9 Å². The maximum atomic E-state index is 13.1. The summed E-state index contributed by atoms with van der Waals surface area (Å²) in [6, 6.07) is 6.46. The van der Waals surface area contributed by atoms with Gasteiger partial charge in [-0.3, -0.25) is 16.0 Å². The summed E-state index contributed by atoms with van der Waals surface area (Å²) in [5.41, 5.74) is 3.59. The number of aromatic nitrogens is 3. The second kappa shape index (κ2) is 5.68. The number of halogens is 1. The van der Waals surface area contributed by atoms with Gasteiger partial charge in [-0.15, -0.1) is 0 Å². The molecule has 0 amide bonds. The topological polar surface area (TPSA) is 68.8 Å². The Labute approximate surface area is 118 Å². The molecular formula is C14H20FN5. The lowest BCUT2D eigenvalue weighted by atomic mass is 9.76. The molecule has 0 aliphatic heterocycles. The van der Waals surface area contributed by atoms with Crippen LogP contribution in [0.1, 0.15) is 25.2 Å². The average Bonchev–Trinajstić information content (AvgIpc) is 2.81. The Balaban J connectivity index is 2.25.